The number of hydrogen-bond donors (Lipinski definition) is 3. The number of aromatic hydroxyl groups is 1. The lowest BCUT2D eigenvalue weighted by Gasteiger charge is -2.24. The number of esters is 1. The van der Waals surface area contributed by atoms with Crippen LogP contribution >= 0.6 is 12.4 Å². The first kappa shape index (κ1) is 38.7. The van der Waals surface area contributed by atoms with Crippen LogP contribution in [0.5, 0.6) is 11.5 Å². The Bertz CT molecular complexity index is 826. The Morgan fingerprint density at radius 1 is 0.775 bits per heavy atom. The van der Waals surface area contributed by atoms with Crippen LogP contribution in [0.3, 0.4) is 0 Å². The number of rotatable bonds is 19. The molecule has 0 fully saturated rings. The van der Waals surface area contributed by atoms with E-state index in [0.29, 0.717) is 17.5 Å². The molecule has 1 aromatic carbocycles. The summed E-state index contributed by atoms with van der Waals surface area (Å²) >= 11 is 0. The zero-order valence-corrected chi connectivity index (χ0v) is 27.9. The Morgan fingerprint density at radius 3 is 1.65 bits per heavy atom. The largest absolute Gasteiger partial charge is 0.504 e. The van der Waals surface area contributed by atoms with Crippen LogP contribution in [-0.2, 0) is 4.79 Å². The topological polar surface area (TPSA) is 78.8 Å². The van der Waals surface area contributed by atoms with Gasteiger partial charge in [-0.1, -0.05) is 104 Å². The van der Waals surface area contributed by atoms with Gasteiger partial charge in [-0.05, 0) is 70.6 Å². The average Bonchev–Trinajstić information content (AvgIpc) is 2.82. The Balaban J connectivity index is 0.0000152. The maximum absolute atomic E-state index is 12.8. The van der Waals surface area contributed by atoms with E-state index in [9.17, 15) is 15.0 Å². The third-order valence-electron chi connectivity index (χ3n) is 7.43. The molecule has 1 aromatic rings. The van der Waals surface area contributed by atoms with Gasteiger partial charge in [-0.15, -0.1) is 12.4 Å². The van der Waals surface area contributed by atoms with E-state index in [1.165, 1.54) is 76.7 Å². The molecule has 0 saturated heterocycles. The number of carbonyl (C=O) groups excluding carboxylic acids is 1. The van der Waals surface area contributed by atoms with Crippen molar-refractivity contribution in [2.75, 3.05) is 6.54 Å². The average molecular weight is 584 g/mol. The number of aliphatic hydroxyl groups excluding tert-OH is 1. The summed E-state index contributed by atoms with van der Waals surface area (Å²) in [4.78, 5) is 12.8. The summed E-state index contributed by atoms with van der Waals surface area (Å²) in [6.45, 7) is 17.3. The van der Waals surface area contributed by atoms with Gasteiger partial charge >= 0.3 is 5.97 Å². The van der Waals surface area contributed by atoms with E-state index in [-0.39, 0.29) is 35.4 Å². The second-order valence-corrected chi connectivity index (χ2v) is 14.5. The number of phenolic OH excluding ortho intramolecular Hbond substituents is 1. The van der Waals surface area contributed by atoms with Crippen LogP contribution in [-0.4, -0.2) is 28.3 Å². The van der Waals surface area contributed by atoms with Gasteiger partial charge in [0.2, 0.25) is 0 Å². The van der Waals surface area contributed by atoms with Gasteiger partial charge in [-0.3, -0.25) is 4.79 Å². The molecule has 5 nitrogen and oxygen atoms in total. The van der Waals surface area contributed by atoms with E-state index in [1.54, 1.807) is 12.1 Å². The molecule has 0 aliphatic carbocycles. The van der Waals surface area contributed by atoms with Gasteiger partial charge in [0.05, 0.1) is 11.5 Å². The fourth-order valence-electron chi connectivity index (χ4n) is 4.68. The molecule has 0 saturated carbocycles. The lowest BCUT2D eigenvalue weighted by atomic mass is 9.87. The van der Waals surface area contributed by atoms with Crippen LogP contribution < -0.4 is 10.1 Å². The summed E-state index contributed by atoms with van der Waals surface area (Å²) in [5, 5.41) is 24.0. The molecule has 234 valence electrons. The number of carbonyl (C=O) groups is 1. The van der Waals surface area contributed by atoms with Gasteiger partial charge in [0.15, 0.2) is 11.5 Å². The van der Waals surface area contributed by atoms with Gasteiger partial charge < -0.3 is 20.3 Å². The maximum atomic E-state index is 12.8. The van der Waals surface area contributed by atoms with E-state index >= 15 is 0 Å². The Hall–Kier alpha value is -1.30. The smallest absolute Gasteiger partial charge is 0.317 e. The first-order valence-electron chi connectivity index (χ1n) is 15.6. The lowest BCUT2D eigenvalue weighted by molar-refractivity contribution is -0.144. The van der Waals surface area contributed by atoms with Crippen LogP contribution in [0.15, 0.2) is 18.2 Å². The maximum Gasteiger partial charge on any atom is 0.317 e. The van der Waals surface area contributed by atoms with Crippen LogP contribution in [0.25, 0.3) is 0 Å². The minimum absolute atomic E-state index is 0. The number of hydrogen-bond acceptors (Lipinski definition) is 5. The molecular formula is C34H62ClNO4. The molecule has 40 heavy (non-hydrogen) atoms. The molecule has 0 heterocycles. The summed E-state index contributed by atoms with van der Waals surface area (Å²) in [6, 6.07) is 4.73. The van der Waals surface area contributed by atoms with E-state index in [2.05, 4.69) is 26.1 Å². The highest BCUT2D eigenvalue weighted by Gasteiger charge is 2.30. The summed E-state index contributed by atoms with van der Waals surface area (Å²) in [5.74, 6) is -0.330. The SMILES string of the molecule is CC(C)(C)CCCCCCCCCCCCCCC(C)(C)C(=O)Oc1ccc(C(O)CNC(C)(C)C)cc1O.Cl. The van der Waals surface area contributed by atoms with Gasteiger partial charge in [-0.25, -0.2) is 0 Å². The van der Waals surface area contributed by atoms with Crippen molar-refractivity contribution < 1.29 is 19.7 Å². The molecule has 0 aliphatic heterocycles. The second-order valence-electron chi connectivity index (χ2n) is 14.5. The molecule has 1 rings (SSSR count). The summed E-state index contributed by atoms with van der Waals surface area (Å²) in [7, 11) is 0. The predicted octanol–water partition coefficient (Wildman–Crippen LogP) is 9.67. The van der Waals surface area contributed by atoms with Crippen molar-refractivity contribution in [1.82, 2.24) is 5.32 Å². The highest BCUT2D eigenvalue weighted by atomic mass is 35.5. The predicted molar refractivity (Wildman–Crippen MR) is 172 cm³/mol. The number of β-amino-alcohol motifs (C(OH)–C–C–N with tert-alkyl or cyclic N) is 1. The van der Waals surface area contributed by atoms with Crippen molar-refractivity contribution in [3.8, 4) is 11.5 Å². The second kappa shape index (κ2) is 19.0. The standard InChI is InChI=1S/C34H61NO4.ClH/c1-32(2,3)23-19-17-15-13-11-9-10-12-14-16-18-20-24-34(7,8)31(38)39-30-22-21-27(25-28(30)36)29(37)26-35-33(4,5)6;/h21-22,25,29,35-37H,9-20,23-24,26H2,1-8H3;1H. The molecule has 6 heteroatoms. The summed E-state index contributed by atoms with van der Waals surface area (Å²) < 4.78 is 5.55. The molecular weight excluding hydrogens is 522 g/mol. The number of benzene rings is 1. The third kappa shape index (κ3) is 18.2. The minimum Gasteiger partial charge on any atom is -0.504 e. The number of phenols is 1. The van der Waals surface area contributed by atoms with Crippen molar-refractivity contribution in [3.05, 3.63) is 23.8 Å². The van der Waals surface area contributed by atoms with Crippen LogP contribution in [0.2, 0.25) is 0 Å². The van der Waals surface area contributed by atoms with E-state index in [4.69, 9.17) is 4.74 Å². The quantitative estimate of drug-likeness (QED) is 0.0858. The van der Waals surface area contributed by atoms with Crippen molar-refractivity contribution in [2.45, 2.75) is 157 Å². The Labute approximate surface area is 252 Å². The van der Waals surface area contributed by atoms with Crippen molar-refractivity contribution in [2.24, 2.45) is 10.8 Å². The van der Waals surface area contributed by atoms with E-state index in [0.717, 1.165) is 19.3 Å². The van der Waals surface area contributed by atoms with Crippen molar-refractivity contribution in [1.29, 1.82) is 0 Å². The lowest BCUT2D eigenvalue weighted by Crippen LogP contribution is -2.38. The molecule has 0 spiro atoms. The highest BCUT2D eigenvalue weighted by molar-refractivity contribution is 5.85. The molecule has 1 atom stereocenters. The van der Waals surface area contributed by atoms with Gasteiger partial charge in [-0.2, -0.15) is 0 Å². The zero-order valence-electron chi connectivity index (χ0n) is 27.0. The number of aliphatic hydroxyl groups is 1. The Kier molecular flexibility index (Phi) is 18.4. The number of halogens is 1. The monoisotopic (exact) mass is 583 g/mol. The van der Waals surface area contributed by atoms with Crippen molar-refractivity contribution >= 4 is 18.4 Å². The van der Waals surface area contributed by atoms with Crippen LogP contribution in [0.4, 0.5) is 0 Å². The number of nitrogens with one attached hydrogen (secondary N) is 1. The number of unbranched alkanes of at least 4 members (excludes halogenated alkanes) is 11. The molecule has 3 N–H and O–H groups in total. The van der Waals surface area contributed by atoms with Gasteiger partial charge in [0.1, 0.15) is 0 Å². The fourth-order valence-corrected chi connectivity index (χ4v) is 4.68. The molecule has 0 radical (unpaired) electrons. The highest BCUT2D eigenvalue weighted by Crippen LogP contribution is 2.33. The minimum atomic E-state index is -0.760. The van der Waals surface area contributed by atoms with Gasteiger partial charge in [0.25, 0.3) is 0 Å². The first-order chi connectivity index (χ1) is 18.1. The molecule has 0 amide bonds. The summed E-state index contributed by atoms with van der Waals surface area (Å²) in [6.07, 6.45) is 16.9. The van der Waals surface area contributed by atoms with E-state index in [1.807, 2.05) is 34.6 Å². The zero-order chi connectivity index (χ0) is 29.5. The van der Waals surface area contributed by atoms with E-state index < -0.39 is 11.5 Å². The first-order valence-corrected chi connectivity index (χ1v) is 15.6. The fraction of sp³-hybridized carbons (Fsp3) is 0.794. The van der Waals surface area contributed by atoms with Crippen LogP contribution in [0, 0.1) is 10.8 Å². The third-order valence-corrected chi connectivity index (χ3v) is 7.43. The summed E-state index contributed by atoms with van der Waals surface area (Å²) in [5.41, 5.74) is 0.324. The Morgan fingerprint density at radius 2 is 1.23 bits per heavy atom. The molecule has 1 unspecified atom stereocenters. The molecule has 0 aromatic heterocycles. The van der Waals surface area contributed by atoms with Gasteiger partial charge in [0, 0.05) is 12.1 Å². The number of ether oxygens (including phenoxy) is 1. The molecule has 0 bridgehead atoms. The normalized spacial score (nSPS) is 13.1. The van der Waals surface area contributed by atoms with Crippen LogP contribution in [0.1, 0.15) is 157 Å². The molecule has 0 aliphatic rings. The van der Waals surface area contributed by atoms with Crippen molar-refractivity contribution in [3.63, 3.8) is 0 Å².